The maximum Gasteiger partial charge on any atom is 0.358 e. The van der Waals surface area contributed by atoms with Crippen LogP contribution in [0, 0.1) is 13.8 Å². The highest BCUT2D eigenvalue weighted by Crippen LogP contribution is 2.31. The zero-order chi connectivity index (χ0) is 12.4. The van der Waals surface area contributed by atoms with Crippen molar-refractivity contribution in [3.05, 3.63) is 40.5 Å². The number of hydrogen-bond donors (Lipinski definition) is 0. The lowest BCUT2D eigenvalue weighted by Crippen LogP contribution is -2.03. The van der Waals surface area contributed by atoms with E-state index in [1.807, 2.05) is 19.9 Å². The van der Waals surface area contributed by atoms with Crippen molar-refractivity contribution in [2.75, 3.05) is 7.11 Å². The third kappa shape index (κ3) is 2.22. The number of aromatic nitrogens is 1. The number of rotatable bonds is 2. The number of carbonyl (C=O) groups is 1. The van der Waals surface area contributed by atoms with Crippen molar-refractivity contribution >= 4 is 17.3 Å². The van der Waals surface area contributed by atoms with Gasteiger partial charge in [0.1, 0.15) is 0 Å². The Morgan fingerprint density at radius 2 is 2.12 bits per heavy atom. The smallest absolute Gasteiger partial charge is 0.358 e. The van der Waals surface area contributed by atoms with Crippen LogP contribution in [0.4, 0.5) is 0 Å². The summed E-state index contributed by atoms with van der Waals surface area (Å²) in [7, 11) is 1.37. The molecule has 0 N–H and O–H groups in total. The van der Waals surface area contributed by atoms with Crippen LogP contribution in [0.3, 0.4) is 0 Å². The summed E-state index contributed by atoms with van der Waals surface area (Å²) in [6.07, 6.45) is 0. The SMILES string of the molecule is COC(=O)c1ncsc1-c1cc(C)ccc1C. The molecule has 17 heavy (non-hydrogen) atoms. The number of thiazole rings is 1. The van der Waals surface area contributed by atoms with E-state index >= 15 is 0 Å². The monoisotopic (exact) mass is 247 g/mol. The van der Waals surface area contributed by atoms with Crippen LogP contribution in [0.2, 0.25) is 0 Å². The highest BCUT2D eigenvalue weighted by molar-refractivity contribution is 7.13. The number of methoxy groups -OCH3 is 1. The molecule has 0 amide bonds. The van der Waals surface area contributed by atoms with E-state index in [1.165, 1.54) is 18.4 Å². The largest absolute Gasteiger partial charge is 0.464 e. The molecule has 88 valence electrons. The molecule has 2 rings (SSSR count). The second kappa shape index (κ2) is 4.67. The molecule has 1 aromatic heterocycles. The van der Waals surface area contributed by atoms with Crippen LogP contribution in [-0.4, -0.2) is 18.1 Å². The fraction of sp³-hybridized carbons (Fsp3) is 0.231. The second-order valence-corrected chi connectivity index (χ2v) is 4.69. The van der Waals surface area contributed by atoms with Gasteiger partial charge in [-0.3, -0.25) is 0 Å². The highest BCUT2D eigenvalue weighted by Gasteiger charge is 2.17. The Hall–Kier alpha value is -1.68. The molecular weight excluding hydrogens is 234 g/mol. The first-order chi connectivity index (χ1) is 8.13. The lowest BCUT2D eigenvalue weighted by molar-refractivity contribution is 0.0596. The van der Waals surface area contributed by atoms with Gasteiger partial charge in [0.05, 0.1) is 17.5 Å². The Morgan fingerprint density at radius 3 is 2.82 bits per heavy atom. The predicted molar refractivity (Wildman–Crippen MR) is 68.4 cm³/mol. The number of nitrogens with zero attached hydrogens (tertiary/aromatic N) is 1. The van der Waals surface area contributed by atoms with Crippen LogP contribution in [0.25, 0.3) is 10.4 Å². The molecule has 1 aromatic carbocycles. The van der Waals surface area contributed by atoms with E-state index in [9.17, 15) is 4.79 Å². The molecule has 0 unspecified atom stereocenters. The van der Waals surface area contributed by atoms with E-state index in [-0.39, 0.29) is 5.97 Å². The number of aryl methyl sites for hydroxylation is 2. The van der Waals surface area contributed by atoms with Gasteiger partial charge in [-0.25, -0.2) is 9.78 Å². The molecule has 0 aliphatic rings. The van der Waals surface area contributed by atoms with Crippen LogP contribution in [0.15, 0.2) is 23.7 Å². The average Bonchev–Trinajstić information content (AvgIpc) is 2.80. The van der Waals surface area contributed by atoms with Crippen LogP contribution in [-0.2, 0) is 4.74 Å². The summed E-state index contributed by atoms with van der Waals surface area (Å²) in [5.41, 5.74) is 5.41. The van der Waals surface area contributed by atoms with Gasteiger partial charge in [0, 0.05) is 0 Å². The Morgan fingerprint density at radius 1 is 1.35 bits per heavy atom. The average molecular weight is 247 g/mol. The van der Waals surface area contributed by atoms with Crippen molar-refractivity contribution in [1.29, 1.82) is 0 Å². The Bertz CT molecular complexity index is 560. The second-order valence-electron chi connectivity index (χ2n) is 3.84. The van der Waals surface area contributed by atoms with Crippen LogP contribution < -0.4 is 0 Å². The number of carbonyl (C=O) groups excluding carboxylic acids is 1. The molecule has 0 saturated carbocycles. The van der Waals surface area contributed by atoms with E-state index in [0.29, 0.717) is 5.69 Å². The Balaban J connectivity index is 2.57. The predicted octanol–water partition coefficient (Wildman–Crippen LogP) is 3.21. The molecule has 0 saturated heterocycles. The first kappa shape index (κ1) is 11.8. The van der Waals surface area contributed by atoms with Gasteiger partial charge >= 0.3 is 5.97 Å². The number of hydrogen-bond acceptors (Lipinski definition) is 4. The number of esters is 1. The lowest BCUT2D eigenvalue weighted by atomic mass is 10.0. The minimum Gasteiger partial charge on any atom is -0.464 e. The molecule has 0 aliphatic heterocycles. The summed E-state index contributed by atoms with van der Waals surface area (Å²) in [5.74, 6) is -0.387. The summed E-state index contributed by atoms with van der Waals surface area (Å²) < 4.78 is 4.73. The van der Waals surface area contributed by atoms with Crippen molar-refractivity contribution < 1.29 is 9.53 Å². The molecular formula is C13H13NO2S. The molecule has 0 bridgehead atoms. The molecule has 0 aliphatic carbocycles. The molecule has 0 atom stereocenters. The van der Waals surface area contributed by atoms with E-state index in [0.717, 1.165) is 21.6 Å². The first-order valence-electron chi connectivity index (χ1n) is 5.23. The molecule has 1 heterocycles. The van der Waals surface area contributed by atoms with Gasteiger partial charge in [0.15, 0.2) is 5.69 Å². The summed E-state index contributed by atoms with van der Waals surface area (Å²) in [6.45, 7) is 4.05. The molecule has 2 aromatic rings. The molecule has 0 spiro atoms. The first-order valence-corrected chi connectivity index (χ1v) is 6.11. The fourth-order valence-electron chi connectivity index (χ4n) is 1.66. The van der Waals surface area contributed by atoms with Crippen molar-refractivity contribution in [2.45, 2.75) is 13.8 Å². The van der Waals surface area contributed by atoms with E-state index in [1.54, 1.807) is 5.51 Å². The van der Waals surface area contributed by atoms with Gasteiger partial charge in [-0.15, -0.1) is 11.3 Å². The highest BCUT2D eigenvalue weighted by atomic mass is 32.1. The fourth-order valence-corrected chi connectivity index (χ4v) is 2.52. The maximum absolute atomic E-state index is 11.6. The zero-order valence-corrected chi connectivity index (χ0v) is 10.8. The molecule has 4 heteroatoms. The van der Waals surface area contributed by atoms with E-state index in [4.69, 9.17) is 4.74 Å². The summed E-state index contributed by atoms with van der Waals surface area (Å²) in [6, 6.07) is 6.17. The standard InChI is InChI=1S/C13H13NO2S/c1-8-4-5-9(2)10(6-8)12-11(13(15)16-3)14-7-17-12/h4-7H,1-3H3. The zero-order valence-electron chi connectivity index (χ0n) is 9.98. The van der Waals surface area contributed by atoms with Gasteiger partial charge in [-0.05, 0) is 25.0 Å². The normalized spacial score (nSPS) is 10.3. The van der Waals surface area contributed by atoms with Gasteiger partial charge in [0.2, 0.25) is 0 Å². The van der Waals surface area contributed by atoms with Gasteiger partial charge < -0.3 is 4.74 Å². The third-order valence-corrected chi connectivity index (χ3v) is 3.44. The summed E-state index contributed by atoms with van der Waals surface area (Å²) >= 11 is 1.46. The van der Waals surface area contributed by atoms with Crippen LogP contribution in [0.5, 0.6) is 0 Å². The minimum absolute atomic E-state index is 0.387. The third-order valence-electron chi connectivity index (χ3n) is 2.58. The van der Waals surface area contributed by atoms with Gasteiger partial charge in [0.25, 0.3) is 0 Å². The van der Waals surface area contributed by atoms with Gasteiger partial charge in [-0.2, -0.15) is 0 Å². The summed E-state index contributed by atoms with van der Waals surface area (Å²) in [5, 5.41) is 0. The maximum atomic E-state index is 11.6. The van der Waals surface area contributed by atoms with Crippen molar-refractivity contribution in [3.8, 4) is 10.4 Å². The van der Waals surface area contributed by atoms with Crippen molar-refractivity contribution in [1.82, 2.24) is 4.98 Å². The summed E-state index contributed by atoms with van der Waals surface area (Å²) in [4.78, 5) is 16.5. The van der Waals surface area contributed by atoms with Gasteiger partial charge in [-0.1, -0.05) is 23.8 Å². The number of ether oxygens (including phenoxy) is 1. The van der Waals surface area contributed by atoms with Crippen molar-refractivity contribution in [2.24, 2.45) is 0 Å². The quantitative estimate of drug-likeness (QED) is 0.765. The molecule has 0 radical (unpaired) electrons. The topological polar surface area (TPSA) is 39.2 Å². The Kier molecular flexibility index (Phi) is 3.24. The van der Waals surface area contributed by atoms with E-state index < -0.39 is 0 Å². The van der Waals surface area contributed by atoms with Crippen molar-refractivity contribution in [3.63, 3.8) is 0 Å². The molecule has 0 fully saturated rings. The Labute approximate surface area is 104 Å². The van der Waals surface area contributed by atoms with Crippen LogP contribution >= 0.6 is 11.3 Å². The molecule has 3 nitrogen and oxygen atoms in total. The van der Waals surface area contributed by atoms with Crippen LogP contribution in [0.1, 0.15) is 21.6 Å². The van der Waals surface area contributed by atoms with E-state index in [2.05, 4.69) is 17.1 Å². The minimum atomic E-state index is -0.387. The lowest BCUT2D eigenvalue weighted by Gasteiger charge is -2.06. The number of benzene rings is 1.